The molecule has 0 saturated carbocycles. The van der Waals surface area contributed by atoms with Crippen molar-refractivity contribution in [2.24, 2.45) is 5.18 Å². The first-order chi connectivity index (χ1) is 8.72. The first-order valence-electron chi connectivity index (χ1n) is 5.86. The first-order valence-corrected chi connectivity index (χ1v) is 5.86. The molecule has 6 nitrogen and oxygen atoms in total. The molecule has 0 aliphatic carbocycles. The van der Waals surface area contributed by atoms with Crippen molar-refractivity contribution in [3.05, 3.63) is 23.1 Å². The standard InChI is InChI=1S/C12H18N2O4/c15-7-1-5-14(6-2-8-16)10-3-4-11(13-18)12(17)9-10/h3-4,9,15-17H,1-2,5-8H2. The Morgan fingerprint density at radius 3 is 2.17 bits per heavy atom. The Morgan fingerprint density at radius 2 is 1.72 bits per heavy atom. The van der Waals surface area contributed by atoms with E-state index in [0.717, 1.165) is 5.69 Å². The number of nitrogens with zero attached hydrogens (tertiary/aromatic N) is 2. The van der Waals surface area contributed by atoms with Gasteiger partial charge in [0.25, 0.3) is 0 Å². The lowest BCUT2D eigenvalue weighted by molar-refractivity contribution is 0.282. The van der Waals surface area contributed by atoms with Gasteiger partial charge in [-0.2, -0.15) is 0 Å². The lowest BCUT2D eigenvalue weighted by Crippen LogP contribution is -2.26. The number of phenols is 1. The van der Waals surface area contributed by atoms with Crippen molar-refractivity contribution in [3.8, 4) is 5.75 Å². The van der Waals surface area contributed by atoms with Gasteiger partial charge in [0.2, 0.25) is 0 Å². The molecule has 0 aliphatic heterocycles. The van der Waals surface area contributed by atoms with E-state index in [1.807, 2.05) is 4.90 Å². The molecule has 0 radical (unpaired) electrons. The second kappa shape index (κ2) is 7.62. The zero-order valence-corrected chi connectivity index (χ0v) is 10.1. The van der Waals surface area contributed by atoms with Crippen LogP contribution in [-0.2, 0) is 0 Å². The minimum atomic E-state index is -0.166. The van der Waals surface area contributed by atoms with Gasteiger partial charge >= 0.3 is 0 Å². The van der Waals surface area contributed by atoms with Gasteiger partial charge in [0, 0.05) is 38.1 Å². The summed E-state index contributed by atoms with van der Waals surface area (Å²) < 4.78 is 0. The molecule has 1 aromatic carbocycles. The quantitative estimate of drug-likeness (QED) is 0.609. The third-order valence-electron chi connectivity index (χ3n) is 2.59. The van der Waals surface area contributed by atoms with Crippen molar-refractivity contribution in [1.82, 2.24) is 0 Å². The molecule has 0 aliphatic rings. The third kappa shape index (κ3) is 3.97. The van der Waals surface area contributed by atoms with Crippen LogP contribution in [0.1, 0.15) is 12.8 Å². The molecular weight excluding hydrogens is 236 g/mol. The average molecular weight is 254 g/mol. The summed E-state index contributed by atoms with van der Waals surface area (Å²) in [5, 5.41) is 30.0. The molecule has 0 unspecified atom stereocenters. The normalized spacial score (nSPS) is 10.3. The fourth-order valence-electron chi connectivity index (χ4n) is 1.68. The van der Waals surface area contributed by atoms with E-state index >= 15 is 0 Å². The van der Waals surface area contributed by atoms with Crippen LogP contribution in [0.15, 0.2) is 23.4 Å². The molecule has 0 amide bonds. The summed E-state index contributed by atoms with van der Waals surface area (Å²) in [5.74, 6) is -0.166. The maximum Gasteiger partial charge on any atom is 0.149 e. The van der Waals surface area contributed by atoms with Gasteiger partial charge in [0.15, 0.2) is 0 Å². The number of aliphatic hydroxyl groups excluding tert-OH is 2. The first kappa shape index (κ1) is 14.4. The number of anilines is 1. The number of nitroso groups, excluding NO2 is 1. The molecule has 1 rings (SSSR count). The molecule has 0 aromatic heterocycles. The van der Waals surface area contributed by atoms with Crippen LogP contribution in [0.2, 0.25) is 0 Å². The predicted molar refractivity (Wildman–Crippen MR) is 69.2 cm³/mol. The Balaban J connectivity index is 2.82. The Bertz CT molecular complexity index is 376. The van der Waals surface area contributed by atoms with E-state index in [1.165, 1.54) is 12.1 Å². The number of aromatic hydroxyl groups is 1. The smallest absolute Gasteiger partial charge is 0.149 e. The lowest BCUT2D eigenvalue weighted by atomic mass is 10.2. The number of phenolic OH excluding ortho intramolecular Hbond substituents is 1. The van der Waals surface area contributed by atoms with Crippen LogP contribution < -0.4 is 4.90 Å². The summed E-state index contributed by atoms with van der Waals surface area (Å²) in [5.41, 5.74) is 0.741. The van der Waals surface area contributed by atoms with Crippen molar-refractivity contribution in [1.29, 1.82) is 0 Å². The van der Waals surface area contributed by atoms with Gasteiger partial charge in [-0.1, -0.05) is 0 Å². The molecule has 1 aromatic rings. The lowest BCUT2D eigenvalue weighted by Gasteiger charge is -2.24. The van der Waals surface area contributed by atoms with Gasteiger partial charge in [0.1, 0.15) is 11.4 Å². The van der Waals surface area contributed by atoms with E-state index in [-0.39, 0.29) is 24.7 Å². The maximum absolute atomic E-state index is 10.4. The third-order valence-corrected chi connectivity index (χ3v) is 2.59. The van der Waals surface area contributed by atoms with Crippen molar-refractivity contribution < 1.29 is 15.3 Å². The molecule has 0 fully saturated rings. The number of aliphatic hydroxyl groups is 2. The highest BCUT2D eigenvalue weighted by atomic mass is 16.3. The van der Waals surface area contributed by atoms with Crippen molar-refractivity contribution in [2.75, 3.05) is 31.2 Å². The molecule has 3 N–H and O–H groups in total. The minimum absolute atomic E-state index is 0.00279. The van der Waals surface area contributed by atoms with Crippen molar-refractivity contribution in [3.63, 3.8) is 0 Å². The van der Waals surface area contributed by atoms with Gasteiger partial charge < -0.3 is 20.2 Å². The molecule has 0 bridgehead atoms. The highest BCUT2D eigenvalue weighted by Crippen LogP contribution is 2.30. The molecule has 18 heavy (non-hydrogen) atoms. The van der Waals surface area contributed by atoms with Crippen molar-refractivity contribution >= 4 is 11.4 Å². The van der Waals surface area contributed by atoms with Crippen LogP contribution in [0.25, 0.3) is 0 Å². The van der Waals surface area contributed by atoms with Crippen molar-refractivity contribution in [2.45, 2.75) is 12.8 Å². The van der Waals surface area contributed by atoms with E-state index in [2.05, 4.69) is 5.18 Å². The number of rotatable bonds is 8. The molecule has 0 spiro atoms. The second-order valence-electron chi connectivity index (χ2n) is 3.91. The Morgan fingerprint density at radius 1 is 1.11 bits per heavy atom. The molecule has 6 heteroatoms. The van der Waals surface area contributed by atoms with Crippen LogP contribution in [0.4, 0.5) is 11.4 Å². The summed E-state index contributed by atoms with van der Waals surface area (Å²) >= 11 is 0. The van der Waals surface area contributed by atoms with E-state index in [4.69, 9.17) is 10.2 Å². The summed E-state index contributed by atoms with van der Waals surface area (Å²) in [4.78, 5) is 12.3. The number of hydrogen-bond donors (Lipinski definition) is 3. The molecule has 0 saturated heterocycles. The Labute approximate surface area is 105 Å². The number of benzene rings is 1. The highest BCUT2D eigenvalue weighted by molar-refractivity contribution is 5.61. The summed E-state index contributed by atoms with van der Waals surface area (Å²) in [6.07, 6.45) is 1.19. The monoisotopic (exact) mass is 254 g/mol. The average Bonchev–Trinajstić information content (AvgIpc) is 2.39. The molecule has 100 valence electrons. The molecule has 0 atom stereocenters. The van der Waals surface area contributed by atoms with E-state index in [0.29, 0.717) is 25.9 Å². The Kier molecular flexibility index (Phi) is 6.10. The van der Waals surface area contributed by atoms with E-state index < -0.39 is 0 Å². The summed E-state index contributed by atoms with van der Waals surface area (Å²) in [6.45, 7) is 1.39. The predicted octanol–water partition coefficient (Wildman–Crippen LogP) is 1.36. The Hall–Kier alpha value is -1.66. The largest absolute Gasteiger partial charge is 0.505 e. The SMILES string of the molecule is O=Nc1ccc(N(CCCO)CCCO)cc1O. The van der Waals surface area contributed by atoms with Gasteiger partial charge in [-0.15, -0.1) is 4.91 Å². The van der Waals surface area contributed by atoms with Crippen LogP contribution >= 0.6 is 0 Å². The summed E-state index contributed by atoms with van der Waals surface area (Å²) in [7, 11) is 0. The van der Waals surface area contributed by atoms with Gasteiger partial charge in [0.05, 0.1) is 0 Å². The van der Waals surface area contributed by atoms with Crippen LogP contribution in [0, 0.1) is 4.91 Å². The van der Waals surface area contributed by atoms with Crippen LogP contribution in [0.3, 0.4) is 0 Å². The topological polar surface area (TPSA) is 93.4 Å². The maximum atomic E-state index is 10.4. The summed E-state index contributed by atoms with van der Waals surface area (Å²) in [6, 6.07) is 4.60. The highest BCUT2D eigenvalue weighted by Gasteiger charge is 2.09. The minimum Gasteiger partial charge on any atom is -0.505 e. The van der Waals surface area contributed by atoms with E-state index in [1.54, 1.807) is 6.07 Å². The van der Waals surface area contributed by atoms with Gasteiger partial charge in [-0.05, 0) is 30.2 Å². The molecular formula is C12H18N2O4. The van der Waals surface area contributed by atoms with Gasteiger partial charge in [-0.3, -0.25) is 0 Å². The second-order valence-corrected chi connectivity index (χ2v) is 3.91. The van der Waals surface area contributed by atoms with Crippen LogP contribution in [-0.4, -0.2) is 41.6 Å². The van der Waals surface area contributed by atoms with Gasteiger partial charge in [-0.25, -0.2) is 0 Å². The zero-order chi connectivity index (χ0) is 13.4. The van der Waals surface area contributed by atoms with E-state index in [9.17, 15) is 10.0 Å². The van der Waals surface area contributed by atoms with Crippen LogP contribution in [0.5, 0.6) is 5.75 Å². The fourth-order valence-corrected chi connectivity index (χ4v) is 1.68. The number of hydrogen-bond acceptors (Lipinski definition) is 6. The fraction of sp³-hybridized carbons (Fsp3) is 0.500. The zero-order valence-electron chi connectivity index (χ0n) is 10.1. The molecule has 0 heterocycles.